The first kappa shape index (κ1) is 10.6. The van der Waals surface area contributed by atoms with Gasteiger partial charge in [-0.1, -0.05) is 0 Å². The van der Waals surface area contributed by atoms with Crippen LogP contribution in [0.25, 0.3) is 0 Å². The van der Waals surface area contributed by atoms with E-state index in [0.29, 0.717) is 13.0 Å². The topological polar surface area (TPSA) is 35.5 Å². The van der Waals surface area contributed by atoms with Gasteiger partial charge in [-0.2, -0.15) is 0 Å². The van der Waals surface area contributed by atoms with Crippen molar-refractivity contribution in [2.45, 2.75) is 39.7 Å². The summed E-state index contributed by atoms with van der Waals surface area (Å²) in [5, 5.41) is 0. The van der Waals surface area contributed by atoms with Crippen LogP contribution in [0.3, 0.4) is 0 Å². The Kier molecular flexibility index (Phi) is 4.30. The first-order chi connectivity index (χ1) is 4.92. The minimum absolute atomic E-state index is 0.113. The molecule has 0 fully saturated rings. The van der Waals surface area contributed by atoms with Crippen LogP contribution in [0, 0.1) is 0 Å². The number of carbonyl (C=O) groups excluding carboxylic acids is 1. The number of ketones is 1. The molecule has 0 N–H and O–H groups in total. The van der Waals surface area contributed by atoms with Crippen molar-refractivity contribution in [2.24, 2.45) is 0 Å². The molecular weight excluding hydrogens is 144 g/mol. The van der Waals surface area contributed by atoms with Gasteiger partial charge in [0.15, 0.2) is 0 Å². The molecule has 0 aromatic heterocycles. The number of hydrogen-bond acceptors (Lipinski definition) is 3. The van der Waals surface area contributed by atoms with Gasteiger partial charge < -0.3 is 0 Å². The fourth-order valence-electron chi connectivity index (χ4n) is 0.404. The molecule has 0 aliphatic carbocycles. The smallest absolute Gasteiger partial charge is 0.132 e. The maximum Gasteiger partial charge on any atom is 0.132 e. The van der Waals surface area contributed by atoms with Gasteiger partial charge in [-0.05, 0) is 27.7 Å². The fourth-order valence-corrected chi connectivity index (χ4v) is 0.404. The molecule has 0 aromatic rings. The fraction of sp³-hybridized carbons (Fsp3) is 0.875. The molecule has 0 atom stereocenters. The highest BCUT2D eigenvalue weighted by atomic mass is 17.2. The molecule has 0 unspecified atom stereocenters. The predicted molar refractivity (Wildman–Crippen MR) is 42.1 cm³/mol. The van der Waals surface area contributed by atoms with Crippen LogP contribution >= 0.6 is 0 Å². The Labute approximate surface area is 67.6 Å². The number of rotatable bonds is 4. The third kappa shape index (κ3) is 9.59. The zero-order valence-electron chi connectivity index (χ0n) is 7.64. The van der Waals surface area contributed by atoms with Crippen molar-refractivity contribution in [3.63, 3.8) is 0 Å². The molecule has 0 bridgehead atoms. The SMILES string of the molecule is CC(=O)CCOOC(C)(C)C. The van der Waals surface area contributed by atoms with E-state index in [0.717, 1.165) is 0 Å². The van der Waals surface area contributed by atoms with Crippen molar-refractivity contribution in [2.75, 3.05) is 6.61 Å². The van der Waals surface area contributed by atoms with E-state index in [4.69, 9.17) is 9.78 Å². The van der Waals surface area contributed by atoms with Crippen LogP contribution in [0.15, 0.2) is 0 Å². The molecule has 66 valence electrons. The highest BCUT2D eigenvalue weighted by Crippen LogP contribution is 2.06. The Morgan fingerprint density at radius 2 is 1.91 bits per heavy atom. The lowest BCUT2D eigenvalue weighted by molar-refractivity contribution is -0.347. The van der Waals surface area contributed by atoms with Crippen LogP contribution in [0.2, 0.25) is 0 Å². The summed E-state index contributed by atoms with van der Waals surface area (Å²) < 4.78 is 0. The van der Waals surface area contributed by atoms with Crippen LogP contribution in [-0.2, 0) is 14.6 Å². The van der Waals surface area contributed by atoms with Gasteiger partial charge in [0.2, 0.25) is 0 Å². The Morgan fingerprint density at radius 3 is 2.27 bits per heavy atom. The molecule has 0 saturated heterocycles. The standard InChI is InChI=1S/C8H16O3/c1-7(9)5-6-10-11-8(2,3)4/h5-6H2,1-4H3. The van der Waals surface area contributed by atoms with Gasteiger partial charge in [0.25, 0.3) is 0 Å². The molecule has 0 aromatic carbocycles. The van der Waals surface area contributed by atoms with E-state index >= 15 is 0 Å². The number of hydrogen-bond donors (Lipinski definition) is 0. The average molecular weight is 160 g/mol. The Bertz CT molecular complexity index is 124. The quantitative estimate of drug-likeness (QED) is 0.357. The van der Waals surface area contributed by atoms with Crippen LogP contribution in [0.5, 0.6) is 0 Å². The first-order valence-electron chi connectivity index (χ1n) is 3.72. The van der Waals surface area contributed by atoms with E-state index < -0.39 is 0 Å². The maximum absolute atomic E-state index is 10.4. The molecule has 3 nitrogen and oxygen atoms in total. The molecular formula is C8H16O3. The van der Waals surface area contributed by atoms with Crippen molar-refractivity contribution < 1.29 is 14.6 Å². The molecule has 0 aliphatic heterocycles. The number of Topliss-reactive ketones (excluding diaryl/α,β-unsaturated/α-hetero) is 1. The summed E-state index contributed by atoms with van der Waals surface area (Å²) in [6.45, 7) is 7.54. The summed E-state index contributed by atoms with van der Waals surface area (Å²) in [5.74, 6) is 0.113. The van der Waals surface area contributed by atoms with Gasteiger partial charge in [-0.3, -0.25) is 4.79 Å². The second kappa shape index (κ2) is 4.46. The number of carbonyl (C=O) groups is 1. The van der Waals surface area contributed by atoms with Gasteiger partial charge in [0, 0.05) is 6.42 Å². The highest BCUT2D eigenvalue weighted by Gasteiger charge is 2.10. The van der Waals surface area contributed by atoms with Crippen LogP contribution < -0.4 is 0 Å². The molecule has 0 spiro atoms. The van der Waals surface area contributed by atoms with E-state index in [-0.39, 0.29) is 11.4 Å². The predicted octanol–water partition coefficient (Wildman–Crippen LogP) is 1.71. The summed E-state index contributed by atoms with van der Waals surface area (Å²) in [6, 6.07) is 0. The Hall–Kier alpha value is -0.410. The average Bonchev–Trinajstić information content (AvgIpc) is 1.78. The van der Waals surface area contributed by atoms with Crippen molar-refractivity contribution in [3.8, 4) is 0 Å². The van der Waals surface area contributed by atoms with E-state index in [9.17, 15) is 4.79 Å². The van der Waals surface area contributed by atoms with Gasteiger partial charge in [-0.15, -0.1) is 0 Å². The minimum Gasteiger partial charge on any atom is -0.300 e. The van der Waals surface area contributed by atoms with Crippen LogP contribution in [-0.4, -0.2) is 18.0 Å². The normalized spacial score (nSPS) is 11.6. The molecule has 0 heterocycles. The molecule has 0 saturated carbocycles. The highest BCUT2D eigenvalue weighted by molar-refractivity contribution is 5.75. The van der Waals surface area contributed by atoms with Crippen molar-refractivity contribution in [1.29, 1.82) is 0 Å². The van der Waals surface area contributed by atoms with Gasteiger partial charge >= 0.3 is 0 Å². The molecule has 11 heavy (non-hydrogen) atoms. The van der Waals surface area contributed by atoms with Crippen LogP contribution in [0.1, 0.15) is 34.1 Å². The van der Waals surface area contributed by atoms with E-state index in [2.05, 4.69) is 0 Å². The molecule has 0 aliphatic rings. The maximum atomic E-state index is 10.4. The molecule has 3 heteroatoms. The largest absolute Gasteiger partial charge is 0.300 e. The Morgan fingerprint density at radius 1 is 1.36 bits per heavy atom. The lowest BCUT2D eigenvalue weighted by Gasteiger charge is -2.16. The summed E-state index contributed by atoms with van der Waals surface area (Å²) in [5.41, 5.74) is -0.295. The van der Waals surface area contributed by atoms with E-state index in [1.54, 1.807) is 0 Å². The molecule has 0 rings (SSSR count). The second-order valence-electron chi connectivity index (χ2n) is 3.47. The van der Waals surface area contributed by atoms with Crippen LogP contribution in [0.4, 0.5) is 0 Å². The summed E-state index contributed by atoms with van der Waals surface area (Å²) in [4.78, 5) is 20.1. The minimum atomic E-state index is -0.295. The van der Waals surface area contributed by atoms with Crippen molar-refractivity contribution >= 4 is 5.78 Å². The summed E-state index contributed by atoms with van der Waals surface area (Å²) in [7, 11) is 0. The van der Waals surface area contributed by atoms with E-state index in [1.807, 2.05) is 20.8 Å². The monoisotopic (exact) mass is 160 g/mol. The first-order valence-corrected chi connectivity index (χ1v) is 3.72. The summed E-state index contributed by atoms with van der Waals surface area (Å²) >= 11 is 0. The third-order valence-corrected chi connectivity index (χ3v) is 0.846. The molecule has 0 amide bonds. The zero-order valence-corrected chi connectivity index (χ0v) is 7.64. The van der Waals surface area contributed by atoms with Gasteiger partial charge in [0.1, 0.15) is 5.78 Å². The van der Waals surface area contributed by atoms with E-state index in [1.165, 1.54) is 6.92 Å². The Balaban J connectivity index is 3.22. The third-order valence-electron chi connectivity index (χ3n) is 0.846. The second-order valence-corrected chi connectivity index (χ2v) is 3.47. The molecule has 0 radical (unpaired) electrons. The zero-order chi connectivity index (χ0) is 8.91. The lowest BCUT2D eigenvalue weighted by atomic mass is 10.2. The summed E-state index contributed by atoms with van der Waals surface area (Å²) in [6.07, 6.45) is 0.413. The van der Waals surface area contributed by atoms with Gasteiger partial charge in [-0.25, -0.2) is 9.78 Å². The van der Waals surface area contributed by atoms with Crippen molar-refractivity contribution in [3.05, 3.63) is 0 Å². The van der Waals surface area contributed by atoms with Crippen molar-refractivity contribution in [1.82, 2.24) is 0 Å². The lowest BCUT2D eigenvalue weighted by Crippen LogP contribution is -2.20. The van der Waals surface area contributed by atoms with Gasteiger partial charge in [0.05, 0.1) is 12.2 Å².